The lowest BCUT2D eigenvalue weighted by molar-refractivity contribution is 0.411. The first-order valence-corrected chi connectivity index (χ1v) is 4.58. The Kier molecular flexibility index (Phi) is 2.33. The first kappa shape index (κ1) is 9.58. The number of nitrogens with two attached hydrogens (primary N) is 1. The summed E-state index contributed by atoms with van der Waals surface area (Å²) in [4.78, 5) is 0. The molecule has 0 bridgehead atoms. The zero-order valence-electron chi connectivity index (χ0n) is 8.65. The molecule has 1 aromatic carbocycles. The summed E-state index contributed by atoms with van der Waals surface area (Å²) < 4.78 is 9.98. The summed E-state index contributed by atoms with van der Waals surface area (Å²) in [5, 5.41) is 3.84. The quantitative estimate of drug-likeness (QED) is 0.814. The Bertz CT molecular complexity index is 477. The van der Waals surface area contributed by atoms with Crippen LogP contribution in [-0.2, 0) is 0 Å². The minimum atomic E-state index is 0.318. The number of aromatic nitrogens is 1. The number of nitrogen functional groups attached to an aromatic ring is 1. The lowest BCUT2D eigenvalue weighted by Gasteiger charge is -2.04. The highest BCUT2D eigenvalue weighted by atomic mass is 16.5. The summed E-state index contributed by atoms with van der Waals surface area (Å²) in [6, 6.07) is 7.50. The maximum Gasteiger partial charge on any atom is 0.222 e. The molecule has 0 fully saturated rings. The van der Waals surface area contributed by atoms with E-state index in [0.29, 0.717) is 5.88 Å². The second kappa shape index (κ2) is 3.65. The van der Waals surface area contributed by atoms with Crippen LogP contribution in [-0.4, -0.2) is 12.3 Å². The Morgan fingerprint density at radius 2 is 2.13 bits per heavy atom. The van der Waals surface area contributed by atoms with Gasteiger partial charge in [0.05, 0.1) is 7.11 Å². The normalized spacial score (nSPS) is 10.3. The number of rotatable bonds is 2. The van der Waals surface area contributed by atoms with Crippen LogP contribution >= 0.6 is 0 Å². The number of benzene rings is 1. The van der Waals surface area contributed by atoms with Crippen molar-refractivity contribution in [1.29, 1.82) is 0 Å². The van der Waals surface area contributed by atoms with E-state index in [9.17, 15) is 0 Å². The van der Waals surface area contributed by atoms with E-state index >= 15 is 0 Å². The zero-order valence-corrected chi connectivity index (χ0v) is 8.65. The molecule has 0 saturated heterocycles. The summed E-state index contributed by atoms with van der Waals surface area (Å²) in [6.07, 6.45) is 0. The molecule has 0 unspecified atom stereocenters. The van der Waals surface area contributed by atoms with E-state index < -0.39 is 0 Å². The first-order valence-electron chi connectivity index (χ1n) is 4.58. The topological polar surface area (TPSA) is 61.3 Å². The van der Waals surface area contributed by atoms with Crippen LogP contribution in [0.5, 0.6) is 5.75 Å². The third-order valence-electron chi connectivity index (χ3n) is 2.22. The molecule has 0 amide bonds. The van der Waals surface area contributed by atoms with Gasteiger partial charge in [0.15, 0.2) is 0 Å². The molecule has 0 aliphatic rings. The van der Waals surface area contributed by atoms with Crippen LogP contribution in [0.1, 0.15) is 5.56 Å². The fourth-order valence-electron chi connectivity index (χ4n) is 1.46. The molecule has 0 saturated carbocycles. The molecular weight excluding hydrogens is 192 g/mol. The van der Waals surface area contributed by atoms with Crippen molar-refractivity contribution in [2.75, 3.05) is 12.8 Å². The summed E-state index contributed by atoms with van der Waals surface area (Å²) in [6.45, 7) is 1.98. The summed E-state index contributed by atoms with van der Waals surface area (Å²) in [5.74, 6) is 1.17. The van der Waals surface area contributed by atoms with E-state index in [2.05, 4.69) is 5.16 Å². The SMILES string of the molecule is COc1ccc(-c2cc(N)on2)cc1C. The van der Waals surface area contributed by atoms with Crippen molar-refractivity contribution in [2.45, 2.75) is 6.92 Å². The average Bonchev–Trinajstić information content (AvgIpc) is 2.65. The molecule has 1 heterocycles. The molecule has 2 rings (SSSR count). The van der Waals surface area contributed by atoms with Crippen LogP contribution in [0.4, 0.5) is 5.88 Å². The molecule has 4 heteroatoms. The molecule has 4 nitrogen and oxygen atoms in total. The highest BCUT2D eigenvalue weighted by molar-refractivity contribution is 5.63. The molecule has 1 aromatic heterocycles. The van der Waals surface area contributed by atoms with Crippen LogP contribution in [0, 0.1) is 6.92 Å². The Labute approximate surface area is 87.6 Å². The van der Waals surface area contributed by atoms with E-state index in [1.807, 2.05) is 25.1 Å². The number of hydrogen-bond acceptors (Lipinski definition) is 4. The highest BCUT2D eigenvalue weighted by Gasteiger charge is 2.06. The fourth-order valence-corrected chi connectivity index (χ4v) is 1.46. The number of aryl methyl sites for hydroxylation is 1. The predicted octanol–water partition coefficient (Wildman–Crippen LogP) is 2.24. The number of methoxy groups -OCH3 is 1. The van der Waals surface area contributed by atoms with E-state index in [0.717, 1.165) is 22.6 Å². The van der Waals surface area contributed by atoms with Gasteiger partial charge in [0, 0.05) is 11.6 Å². The van der Waals surface area contributed by atoms with Gasteiger partial charge in [-0.2, -0.15) is 0 Å². The van der Waals surface area contributed by atoms with Gasteiger partial charge >= 0.3 is 0 Å². The molecule has 0 aliphatic heterocycles. The lowest BCUT2D eigenvalue weighted by atomic mass is 10.1. The van der Waals surface area contributed by atoms with Crippen LogP contribution in [0.2, 0.25) is 0 Å². The Hall–Kier alpha value is -1.97. The summed E-state index contributed by atoms with van der Waals surface area (Å²) in [5.41, 5.74) is 8.21. The Morgan fingerprint density at radius 1 is 1.33 bits per heavy atom. The minimum absolute atomic E-state index is 0.318. The van der Waals surface area contributed by atoms with Gasteiger partial charge in [-0.1, -0.05) is 5.16 Å². The molecule has 0 atom stereocenters. The first-order chi connectivity index (χ1) is 7.20. The monoisotopic (exact) mass is 204 g/mol. The minimum Gasteiger partial charge on any atom is -0.496 e. The van der Waals surface area contributed by atoms with Crippen molar-refractivity contribution in [1.82, 2.24) is 5.16 Å². The third-order valence-corrected chi connectivity index (χ3v) is 2.22. The Balaban J connectivity index is 2.42. The molecule has 2 aromatic rings. The van der Waals surface area contributed by atoms with Crippen molar-refractivity contribution in [3.63, 3.8) is 0 Å². The average molecular weight is 204 g/mol. The predicted molar refractivity (Wildman–Crippen MR) is 57.6 cm³/mol. The van der Waals surface area contributed by atoms with Gasteiger partial charge in [-0.15, -0.1) is 0 Å². The van der Waals surface area contributed by atoms with Gasteiger partial charge in [0.2, 0.25) is 5.88 Å². The molecule has 2 N–H and O–H groups in total. The molecule has 0 aliphatic carbocycles. The van der Waals surface area contributed by atoms with Crippen LogP contribution in [0.15, 0.2) is 28.8 Å². The van der Waals surface area contributed by atoms with Gasteiger partial charge < -0.3 is 15.0 Å². The van der Waals surface area contributed by atoms with Crippen LogP contribution in [0.25, 0.3) is 11.3 Å². The number of anilines is 1. The van der Waals surface area contributed by atoms with Gasteiger partial charge in [-0.05, 0) is 30.7 Å². The number of hydrogen-bond donors (Lipinski definition) is 1. The van der Waals surface area contributed by atoms with E-state index in [-0.39, 0.29) is 0 Å². The second-order valence-corrected chi connectivity index (χ2v) is 3.30. The van der Waals surface area contributed by atoms with Gasteiger partial charge in [0.1, 0.15) is 11.4 Å². The standard InChI is InChI=1S/C11H12N2O2/c1-7-5-8(3-4-10(7)14-2)9-6-11(12)15-13-9/h3-6H,12H2,1-2H3. The molecule has 15 heavy (non-hydrogen) atoms. The largest absolute Gasteiger partial charge is 0.496 e. The summed E-state index contributed by atoms with van der Waals surface area (Å²) in [7, 11) is 1.65. The van der Waals surface area contributed by atoms with Gasteiger partial charge in [-0.3, -0.25) is 0 Å². The molecule has 0 radical (unpaired) electrons. The lowest BCUT2D eigenvalue weighted by Crippen LogP contribution is -1.87. The van der Waals surface area contributed by atoms with Gasteiger partial charge in [0.25, 0.3) is 0 Å². The van der Waals surface area contributed by atoms with E-state index in [1.54, 1.807) is 13.2 Å². The fraction of sp³-hybridized carbons (Fsp3) is 0.182. The Morgan fingerprint density at radius 3 is 2.67 bits per heavy atom. The third kappa shape index (κ3) is 1.79. The van der Waals surface area contributed by atoms with Gasteiger partial charge in [-0.25, -0.2) is 0 Å². The van der Waals surface area contributed by atoms with Crippen molar-refractivity contribution in [2.24, 2.45) is 0 Å². The highest BCUT2D eigenvalue weighted by Crippen LogP contribution is 2.26. The molecular formula is C11H12N2O2. The smallest absolute Gasteiger partial charge is 0.222 e. The second-order valence-electron chi connectivity index (χ2n) is 3.30. The maximum atomic E-state index is 5.46. The van der Waals surface area contributed by atoms with E-state index in [1.165, 1.54) is 0 Å². The van der Waals surface area contributed by atoms with Crippen molar-refractivity contribution < 1.29 is 9.26 Å². The molecule has 78 valence electrons. The zero-order chi connectivity index (χ0) is 10.8. The van der Waals surface area contributed by atoms with Crippen LogP contribution < -0.4 is 10.5 Å². The number of ether oxygens (including phenoxy) is 1. The number of nitrogens with zero attached hydrogens (tertiary/aromatic N) is 1. The molecule has 0 spiro atoms. The summed E-state index contributed by atoms with van der Waals surface area (Å²) >= 11 is 0. The van der Waals surface area contributed by atoms with Crippen LogP contribution in [0.3, 0.4) is 0 Å². The van der Waals surface area contributed by atoms with Crippen molar-refractivity contribution >= 4 is 5.88 Å². The van der Waals surface area contributed by atoms with Crippen molar-refractivity contribution in [3.8, 4) is 17.0 Å². The van der Waals surface area contributed by atoms with Crippen molar-refractivity contribution in [3.05, 3.63) is 29.8 Å². The maximum absolute atomic E-state index is 5.46. The van der Waals surface area contributed by atoms with E-state index in [4.69, 9.17) is 15.0 Å².